The van der Waals surface area contributed by atoms with E-state index in [0.29, 0.717) is 5.78 Å². The Hall–Kier alpha value is -0.370. The summed E-state index contributed by atoms with van der Waals surface area (Å²) in [7, 11) is 0. The molecule has 1 heterocycles. The summed E-state index contributed by atoms with van der Waals surface area (Å²) in [6.45, 7) is 6.31. The lowest BCUT2D eigenvalue weighted by Gasteiger charge is -2.26. The number of carbonyl (C=O) groups is 1. The summed E-state index contributed by atoms with van der Waals surface area (Å²) >= 11 is 0. The Bertz CT molecular complexity index is 195. The van der Waals surface area contributed by atoms with Crippen molar-refractivity contribution < 1.29 is 4.79 Å². The molecule has 2 nitrogen and oxygen atoms in total. The lowest BCUT2D eigenvalue weighted by Crippen LogP contribution is -2.33. The zero-order chi connectivity index (χ0) is 11.1. The second-order valence-electron chi connectivity index (χ2n) is 4.84. The number of hydrogen-bond acceptors (Lipinski definition) is 2. The molecule has 1 fully saturated rings. The topological polar surface area (TPSA) is 29.1 Å². The molecular formula is C13H25NO. The monoisotopic (exact) mass is 211 g/mol. The van der Waals surface area contributed by atoms with Gasteiger partial charge in [0, 0.05) is 18.4 Å². The van der Waals surface area contributed by atoms with Gasteiger partial charge in [-0.1, -0.05) is 33.1 Å². The van der Waals surface area contributed by atoms with Gasteiger partial charge in [0.05, 0.1) is 0 Å². The molecule has 0 aromatic carbocycles. The number of unbranched alkanes of at least 4 members (excludes halogenated alkanes) is 2. The Labute approximate surface area is 93.8 Å². The molecule has 0 amide bonds. The largest absolute Gasteiger partial charge is 0.316 e. The molecule has 0 spiro atoms. The molecular weight excluding hydrogens is 186 g/mol. The number of nitrogens with one attached hydrogen (secondary N) is 1. The highest BCUT2D eigenvalue weighted by Crippen LogP contribution is 2.33. The van der Waals surface area contributed by atoms with E-state index in [0.717, 1.165) is 45.2 Å². The van der Waals surface area contributed by atoms with E-state index in [9.17, 15) is 4.79 Å². The Kier molecular flexibility index (Phi) is 5.30. The molecule has 0 saturated carbocycles. The summed E-state index contributed by atoms with van der Waals surface area (Å²) in [4.78, 5) is 12.2. The highest BCUT2D eigenvalue weighted by atomic mass is 16.1. The Morgan fingerprint density at radius 3 is 2.60 bits per heavy atom. The van der Waals surface area contributed by atoms with Crippen molar-refractivity contribution in [3.8, 4) is 0 Å². The van der Waals surface area contributed by atoms with Gasteiger partial charge in [-0.2, -0.15) is 0 Å². The average Bonchev–Trinajstić information content (AvgIpc) is 2.68. The Balaban J connectivity index is 2.44. The smallest absolute Gasteiger partial charge is 0.140 e. The van der Waals surface area contributed by atoms with E-state index in [1.807, 2.05) is 0 Å². The number of hydrogen-bond donors (Lipinski definition) is 1. The fourth-order valence-corrected chi connectivity index (χ4v) is 2.61. The molecule has 1 aliphatic heterocycles. The minimum absolute atomic E-state index is 0.00247. The molecule has 1 atom stereocenters. The van der Waals surface area contributed by atoms with Crippen LogP contribution >= 0.6 is 0 Å². The standard InChI is InChI=1S/C13H25NO/c1-3-5-6-7-12(15)13(8-4-2)9-10-14-11-13/h14H,3-11H2,1-2H3. The first-order valence-electron chi connectivity index (χ1n) is 6.49. The molecule has 1 N–H and O–H groups in total. The zero-order valence-corrected chi connectivity index (χ0v) is 10.3. The Morgan fingerprint density at radius 2 is 2.07 bits per heavy atom. The molecule has 1 aliphatic rings. The van der Waals surface area contributed by atoms with Crippen LogP contribution < -0.4 is 5.32 Å². The first kappa shape index (κ1) is 12.7. The van der Waals surface area contributed by atoms with Crippen molar-refractivity contribution in [1.82, 2.24) is 5.32 Å². The number of carbonyl (C=O) groups excluding carboxylic acids is 1. The van der Waals surface area contributed by atoms with Gasteiger partial charge in [0.15, 0.2) is 0 Å². The average molecular weight is 211 g/mol. The quantitative estimate of drug-likeness (QED) is 0.656. The van der Waals surface area contributed by atoms with Crippen LogP contribution in [-0.4, -0.2) is 18.9 Å². The molecule has 0 aromatic heterocycles. The van der Waals surface area contributed by atoms with E-state index in [4.69, 9.17) is 0 Å². The van der Waals surface area contributed by atoms with Crippen LogP contribution in [0.4, 0.5) is 0 Å². The first-order valence-corrected chi connectivity index (χ1v) is 6.49. The van der Waals surface area contributed by atoms with Gasteiger partial charge in [0.25, 0.3) is 0 Å². The van der Waals surface area contributed by atoms with Gasteiger partial charge >= 0.3 is 0 Å². The maximum atomic E-state index is 12.2. The molecule has 1 unspecified atom stereocenters. The summed E-state index contributed by atoms with van der Waals surface area (Å²) < 4.78 is 0. The van der Waals surface area contributed by atoms with Gasteiger partial charge in [-0.15, -0.1) is 0 Å². The minimum atomic E-state index is 0.00247. The third-order valence-electron chi connectivity index (χ3n) is 3.57. The van der Waals surface area contributed by atoms with E-state index >= 15 is 0 Å². The van der Waals surface area contributed by atoms with Crippen molar-refractivity contribution in [2.45, 2.75) is 58.8 Å². The fourth-order valence-electron chi connectivity index (χ4n) is 2.61. The van der Waals surface area contributed by atoms with E-state index in [1.54, 1.807) is 0 Å². The highest BCUT2D eigenvalue weighted by molar-refractivity contribution is 5.85. The van der Waals surface area contributed by atoms with Gasteiger partial charge in [-0.05, 0) is 25.8 Å². The highest BCUT2D eigenvalue weighted by Gasteiger charge is 2.38. The first-order chi connectivity index (χ1) is 7.25. The molecule has 0 radical (unpaired) electrons. The van der Waals surface area contributed by atoms with Crippen LogP contribution in [-0.2, 0) is 4.79 Å². The van der Waals surface area contributed by atoms with Gasteiger partial charge in [0.1, 0.15) is 5.78 Å². The second kappa shape index (κ2) is 6.26. The van der Waals surface area contributed by atoms with Gasteiger partial charge in [0.2, 0.25) is 0 Å². The van der Waals surface area contributed by atoms with Crippen molar-refractivity contribution in [3.05, 3.63) is 0 Å². The fraction of sp³-hybridized carbons (Fsp3) is 0.923. The van der Waals surface area contributed by atoms with Crippen molar-refractivity contribution >= 4 is 5.78 Å². The van der Waals surface area contributed by atoms with Crippen LogP contribution in [0.1, 0.15) is 58.8 Å². The van der Waals surface area contributed by atoms with Crippen LogP contribution in [0, 0.1) is 5.41 Å². The molecule has 0 bridgehead atoms. The van der Waals surface area contributed by atoms with E-state index < -0.39 is 0 Å². The second-order valence-corrected chi connectivity index (χ2v) is 4.84. The lowest BCUT2D eigenvalue weighted by atomic mass is 9.77. The molecule has 0 aliphatic carbocycles. The van der Waals surface area contributed by atoms with Gasteiger partial charge in [-0.3, -0.25) is 4.79 Å². The number of rotatable bonds is 7. The third kappa shape index (κ3) is 3.30. The van der Waals surface area contributed by atoms with Crippen molar-refractivity contribution in [2.24, 2.45) is 5.41 Å². The van der Waals surface area contributed by atoms with Crippen molar-refractivity contribution in [2.75, 3.05) is 13.1 Å². The van der Waals surface area contributed by atoms with E-state index in [2.05, 4.69) is 19.2 Å². The normalized spacial score (nSPS) is 25.7. The van der Waals surface area contributed by atoms with Crippen molar-refractivity contribution in [3.63, 3.8) is 0 Å². The zero-order valence-electron chi connectivity index (χ0n) is 10.3. The molecule has 1 saturated heterocycles. The number of Topliss-reactive ketones (excluding diaryl/α,β-unsaturated/α-hetero) is 1. The summed E-state index contributed by atoms with van der Waals surface area (Å²) in [5.41, 5.74) is 0.00247. The minimum Gasteiger partial charge on any atom is -0.316 e. The predicted octanol–water partition coefficient (Wildman–Crippen LogP) is 2.92. The van der Waals surface area contributed by atoms with Gasteiger partial charge < -0.3 is 5.32 Å². The SMILES string of the molecule is CCCCCC(=O)C1(CCC)CCNC1. The van der Waals surface area contributed by atoms with Crippen LogP contribution in [0.3, 0.4) is 0 Å². The summed E-state index contributed by atoms with van der Waals surface area (Å²) in [5.74, 6) is 0.516. The molecule has 0 aromatic rings. The van der Waals surface area contributed by atoms with E-state index in [1.165, 1.54) is 12.8 Å². The lowest BCUT2D eigenvalue weighted by molar-refractivity contribution is -0.128. The van der Waals surface area contributed by atoms with E-state index in [-0.39, 0.29) is 5.41 Å². The third-order valence-corrected chi connectivity index (χ3v) is 3.57. The maximum absolute atomic E-state index is 12.2. The van der Waals surface area contributed by atoms with Crippen LogP contribution in [0.25, 0.3) is 0 Å². The molecule has 1 rings (SSSR count). The summed E-state index contributed by atoms with van der Waals surface area (Å²) in [6.07, 6.45) is 7.54. The van der Waals surface area contributed by atoms with Crippen LogP contribution in [0.2, 0.25) is 0 Å². The molecule has 88 valence electrons. The summed E-state index contributed by atoms with van der Waals surface area (Å²) in [5, 5.41) is 3.35. The molecule has 2 heteroatoms. The van der Waals surface area contributed by atoms with Crippen molar-refractivity contribution in [1.29, 1.82) is 0 Å². The van der Waals surface area contributed by atoms with Crippen LogP contribution in [0.15, 0.2) is 0 Å². The summed E-state index contributed by atoms with van der Waals surface area (Å²) in [6, 6.07) is 0. The molecule has 15 heavy (non-hydrogen) atoms. The van der Waals surface area contributed by atoms with Gasteiger partial charge in [-0.25, -0.2) is 0 Å². The Morgan fingerprint density at radius 1 is 1.27 bits per heavy atom. The maximum Gasteiger partial charge on any atom is 0.140 e. The number of ketones is 1. The predicted molar refractivity (Wildman–Crippen MR) is 64.0 cm³/mol. The van der Waals surface area contributed by atoms with Crippen LogP contribution in [0.5, 0.6) is 0 Å².